The van der Waals surface area contributed by atoms with Crippen LogP contribution in [-0.4, -0.2) is 68.2 Å². The molecule has 0 saturated carbocycles. The smallest absolute Gasteiger partial charge is 0.511 e. The fourth-order valence-electron chi connectivity index (χ4n) is 2.08. The van der Waals surface area contributed by atoms with Crippen molar-refractivity contribution in [2.24, 2.45) is 0 Å². The summed E-state index contributed by atoms with van der Waals surface area (Å²) in [6.07, 6.45) is 7.79. The maximum Gasteiger partial charge on any atom is 2.00 e. The topological polar surface area (TPSA) is 53.4 Å². The van der Waals surface area contributed by atoms with Crippen molar-refractivity contribution in [3.05, 3.63) is 38.1 Å². The minimum atomic E-state index is -0.633. The Hall–Kier alpha value is -0.777. The second kappa shape index (κ2) is 8.90. The zero-order valence-electron chi connectivity index (χ0n) is 15.3. The minimum absolute atomic E-state index is 0. The molecule has 0 saturated heterocycles. The van der Waals surface area contributed by atoms with Gasteiger partial charge in [0.15, 0.2) is 0 Å². The fraction of sp³-hybridized carbons (Fsp3) is 0.625. The van der Waals surface area contributed by atoms with Gasteiger partial charge in [-0.05, 0) is 66.6 Å². The van der Waals surface area contributed by atoms with E-state index >= 15 is 0 Å². The first kappa shape index (κ1) is 22.2. The van der Waals surface area contributed by atoms with Crippen LogP contribution < -0.4 is 0 Å². The minimum Gasteiger partial charge on any atom is -0.511 e. The maximum absolute atomic E-state index is 9.45. The quantitative estimate of drug-likeness (QED) is 0.568. The number of hydrogen-bond acceptors (Lipinski definition) is 6. The van der Waals surface area contributed by atoms with Crippen LogP contribution in [0, 0.1) is 13.3 Å². The van der Waals surface area contributed by atoms with Crippen molar-refractivity contribution < 1.29 is 29.7 Å². The van der Waals surface area contributed by atoms with E-state index in [1.807, 2.05) is 71.8 Å². The van der Waals surface area contributed by atoms with Crippen molar-refractivity contribution in [1.82, 2.24) is 19.6 Å². The zero-order chi connectivity index (χ0) is 17.0. The van der Waals surface area contributed by atoms with E-state index in [0.29, 0.717) is 13.1 Å². The third-order valence-electron chi connectivity index (χ3n) is 2.79. The van der Waals surface area contributed by atoms with Gasteiger partial charge < -0.3 is 29.8 Å². The third kappa shape index (κ3) is 10.6. The summed E-state index contributed by atoms with van der Waals surface area (Å²) in [7, 11) is 3.92. The average molecular weight is 376 g/mol. The van der Waals surface area contributed by atoms with Gasteiger partial charge in [-0.15, -0.1) is 0 Å². The van der Waals surface area contributed by atoms with E-state index in [1.165, 1.54) is 0 Å². The Morgan fingerprint density at radius 3 is 1.22 bits per heavy atom. The predicted octanol–water partition coefficient (Wildman–Crippen LogP) is 1.19. The first-order valence-electron chi connectivity index (χ1n) is 7.41. The molecule has 2 aliphatic rings. The van der Waals surface area contributed by atoms with Gasteiger partial charge in [0.25, 0.3) is 0 Å². The van der Waals surface area contributed by atoms with Gasteiger partial charge in [-0.3, -0.25) is 0 Å². The normalized spacial score (nSPS) is 17.4. The zero-order valence-corrected chi connectivity index (χ0v) is 18.2. The summed E-state index contributed by atoms with van der Waals surface area (Å²) in [5, 5.41) is 18.9. The molecule has 0 aromatic heterocycles. The molecule has 2 N–H and O–H groups in total. The van der Waals surface area contributed by atoms with Crippen molar-refractivity contribution in [2.75, 3.05) is 27.2 Å². The Bertz CT molecular complexity index is 364. The van der Waals surface area contributed by atoms with Gasteiger partial charge in [0.05, 0.1) is 11.2 Å². The number of nitrogens with zero attached hydrogens (tertiary/aromatic N) is 4. The summed E-state index contributed by atoms with van der Waals surface area (Å²) < 4.78 is 0. The summed E-state index contributed by atoms with van der Waals surface area (Å²) in [6.45, 7) is 12.3. The molecule has 7 heteroatoms. The molecule has 2 aliphatic heterocycles. The van der Waals surface area contributed by atoms with Crippen LogP contribution in [0.2, 0.25) is 0 Å². The van der Waals surface area contributed by atoms with Gasteiger partial charge in [0, 0.05) is 13.1 Å². The number of hydrogen-bond donors (Lipinski definition) is 2. The SMILES string of the molecule is CN1C=CN(CC(C)(C)O)[CH-]1.CN1C=CN(CC(C)(C)O)[CH-]1.[Zn+2]. The van der Waals surface area contributed by atoms with E-state index in [4.69, 9.17) is 0 Å². The maximum atomic E-state index is 9.45. The van der Waals surface area contributed by atoms with E-state index in [2.05, 4.69) is 0 Å². The van der Waals surface area contributed by atoms with Crippen LogP contribution in [-0.2, 0) is 19.5 Å². The van der Waals surface area contributed by atoms with Crippen LogP contribution in [0.3, 0.4) is 0 Å². The molecule has 128 valence electrons. The van der Waals surface area contributed by atoms with E-state index in [0.717, 1.165) is 0 Å². The molecule has 0 unspecified atom stereocenters. The Kier molecular flexibility index (Phi) is 8.60. The molecule has 2 rings (SSSR count). The van der Waals surface area contributed by atoms with Gasteiger partial charge in [-0.1, -0.05) is 0 Å². The molecule has 0 aromatic carbocycles. The van der Waals surface area contributed by atoms with Crippen molar-refractivity contribution in [1.29, 1.82) is 0 Å². The summed E-state index contributed by atoms with van der Waals surface area (Å²) in [6, 6.07) is 0. The van der Waals surface area contributed by atoms with Crippen LogP contribution in [0.15, 0.2) is 24.8 Å². The molecule has 6 nitrogen and oxygen atoms in total. The average Bonchev–Trinajstić information content (AvgIpc) is 2.84. The molecule has 2 heterocycles. The summed E-state index contributed by atoms with van der Waals surface area (Å²) in [5.74, 6) is 0. The molecule has 0 bridgehead atoms. The van der Waals surface area contributed by atoms with Crippen LogP contribution in [0.4, 0.5) is 0 Å². The van der Waals surface area contributed by atoms with Crippen LogP contribution in [0.5, 0.6) is 0 Å². The van der Waals surface area contributed by atoms with Crippen LogP contribution >= 0.6 is 0 Å². The van der Waals surface area contributed by atoms with Crippen LogP contribution in [0.25, 0.3) is 0 Å². The molecule has 0 amide bonds. The van der Waals surface area contributed by atoms with Gasteiger partial charge in [-0.25, -0.2) is 0 Å². The number of aliphatic hydroxyl groups is 2. The monoisotopic (exact) mass is 374 g/mol. The first-order chi connectivity index (χ1) is 9.94. The molecule has 0 aliphatic carbocycles. The second-order valence-corrected chi connectivity index (χ2v) is 7.13. The van der Waals surface area contributed by atoms with Crippen LogP contribution in [0.1, 0.15) is 27.7 Å². The Morgan fingerprint density at radius 2 is 1.04 bits per heavy atom. The van der Waals surface area contributed by atoms with E-state index in [-0.39, 0.29) is 19.5 Å². The first-order valence-corrected chi connectivity index (χ1v) is 7.41. The molecule has 23 heavy (non-hydrogen) atoms. The van der Waals surface area contributed by atoms with E-state index < -0.39 is 11.2 Å². The largest absolute Gasteiger partial charge is 2.00 e. The van der Waals surface area contributed by atoms with Crippen molar-refractivity contribution in [2.45, 2.75) is 38.9 Å². The van der Waals surface area contributed by atoms with Crippen molar-refractivity contribution in [3.63, 3.8) is 0 Å². The number of rotatable bonds is 4. The third-order valence-corrected chi connectivity index (χ3v) is 2.79. The van der Waals surface area contributed by atoms with Gasteiger partial charge in [0.1, 0.15) is 0 Å². The molecule has 0 radical (unpaired) electrons. The van der Waals surface area contributed by atoms with Gasteiger partial charge in [0.2, 0.25) is 0 Å². The molecule has 0 spiro atoms. The standard InChI is InChI=1S/2C8H15N2O.Zn/c2*1-8(2,11)6-10-5-4-9(3)7-10;/h2*4-5,7,11H,6H2,1-3H3;/q2*-1;+2. The molecule has 0 atom stereocenters. The molecule has 0 aromatic rings. The summed E-state index contributed by atoms with van der Waals surface area (Å²) >= 11 is 0. The van der Waals surface area contributed by atoms with Gasteiger partial charge in [-0.2, -0.15) is 13.3 Å². The Balaban J connectivity index is 0.000000403. The van der Waals surface area contributed by atoms with Crippen molar-refractivity contribution in [3.8, 4) is 0 Å². The Labute approximate surface area is 153 Å². The number of β-amino-alcohol motifs (C(OH)–C–C–N with tert-alkyl or cyclic N) is 2. The summed E-state index contributed by atoms with van der Waals surface area (Å²) in [5.41, 5.74) is -1.27. The van der Waals surface area contributed by atoms with E-state index in [9.17, 15) is 10.2 Å². The van der Waals surface area contributed by atoms with Gasteiger partial charge >= 0.3 is 19.5 Å². The van der Waals surface area contributed by atoms with E-state index in [1.54, 1.807) is 27.7 Å². The predicted molar refractivity (Wildman–Crippen MR) is 88.4 cm³/mol. The fourth-order valence-corrected chi connectivity index (χ4v) is 2.08. The molecular weight excluding hydrogens is 346 g/mol. The Morgan fingerprint density at radius 1 is 0.739 bits per heavy atom. The second-order valence-electron chi connectivity index (χ2n) is 7.13. The molecule has 0 fully saturated rings. The summed E-state index contributed by atoms with van der Waals surface area (Å²) in [4.78, 5) is 7.82. The van der Waals surface area contributed by atoms with Crippen molar-refractivity contribution >= 4 is 0 Å². The molecular formula is C16H30N4O2Zn.